The molecule has 1 aromatic carbocycles. The molecule has 0 radical (unpaired) electrons. The van der Waals surface area contributed by atoms with E-state index in [1.54, 1.807) is 16.3 Å². The Kier molecular flexibility index (Phi) is 6.69. The second-order valence-corrected chi connectivity index (χ2v) is 10.9. The average molecular weight is 519 g/mol. The largest absolute Gasteiger partial charge is 0.381 e. The summed E-state index contributed by atoms with van der Waals surface area (Å²) >= 11 is 1.61. The van der Waals surface area contributed by atoms with E-state index in [-0.39, 0.29) is 0 Å². The number of ether oxygens (including phenoxy) is 1. The van der Waals surface area contributed by atoms with Crippen LogP contribution >= 0.6 is 11.3 Å². The standard InChI is InChI=1S/C27H34N8OS/c1-19(16-32(3)28-2)20-6-7-24-21(15-20)5-4-11-34(24)26-23-17-33(27-30-29-18-37-27)12-8-25(23)35(31-26)22-9-13-36-14-10-22/h6-7,15-16,18,22H,2,4-5,8-14,17H2,1,3H3/b19-16+. The first-order valence-corrected chi connectivity index (χ1v) is 14.0. The fraction of sp³-hybridized carbons (Fsp3) is 0.481. The molecule has 37 heavy (non-hydrogen) atoms. The molecule has 1 saturated heterocycles. The SMILES string of the molecule is C=NN(C)/C=C(\C)c1ccc2c(c1)CCCN2c1nn(C2CCOCC2)c2c1CN(c1nncs1)CC2. The van der Waals surface area contributed by atoms with Gasteiger partial charge in [0.15, 0.2) is 5.82 Å². The minimum atomic E-state index is 0.402. The highest BCUT2D eigenvalue weighted by Gasteiger charge is 2.33. The number of hydrazone groups is 1. The molecule has 9 nitrogen and oxygen atoms in total. The van der Waals surface area contributed by atoms with Gasteiger partial charge in [0, 0.05) is 69.6 Å². The number of nitrogens with zero attached hydrogens (tertiary/aromatic N) is 8. The molecule has 194 valence electrons. The molecule has 0 amide bonds. The topological polar surface area (TPSA) is 74.9 Å². The van der Waals surface area contributed by atoms with Crippen molar-refractivity contribution in [2.45, 2.75) is 51.6 Å². The number of aromatic nitrogens is 4. The first-order valence-electron chi connectivity index (χ1n) is 13.1. The van der Waals surface area contributed by atoms with Crippen LogP contribution < -0.4 is 9.80 Å². The van der Waals surface area contributed by atoms with Crippen LogP contribution in [0.1, 0.15) is 54.6 Å². The Hall–Kier alpha value is -3.24. The highest BCUT2D eigenvalue weighted by molar-refractivity contribution is 7.13. The van der Waals surface area contributed by atoms with E-state index >= 15 is 0 Å². The molecule has 0 atom stereocenters. The zero-order valence-electron chi connectivity index (χ0n) is 21.6. The summed E-state index contributed by atoms with van der Waals surface area (Å²) < 4.78 is 8.02. The van der Waals surface area contributed by atoms with E-state index in [1.807, 2.05) is 18.8 Å². The maximum absolute atomic E-state index is 5.67. The maximum atomic E-state index is 5.67. The van der Waals surface area contributed by atoms with Gasteiger partial charge >= 0.3 is 0 Å². The van der Waals surface area contributed by atoms with Crippen LogP contribution in [0.3, 0.4) is 0 Å². The minimum Gasteiger partial charge on any atom is -0.381 e. The summed E-state index contributed by atoms with van der Waals surface area (Å²) in [5.41, 5.74) is 9.55. The van der Waals surface area contributed by atoms with Crippen LogP contribution in [-0.4, -0.2) is 65.1 Å². The maximum Gasteiger partial charge on any atom is 0.208 e. The Labute approximate surface area is 222 Å². The first kappa shape index (κ1) is 24.1. The summed E-state index contributed by atoms with van der Waals surface area (Å²) in [7, 11) is 1.90. The number of benzene rings is 1. The monoisotopic (exact) mass is 518 g/mol. The summed E-state index contributed by atoms with van der Waals surface area (Å²) in [6.07, 6.45) is 7.20. The van der Waals surface area contributed by atoms with Crippen LogP contribution in [0.4, 0.5) is 16.6 Å². The smallest absolute Gasteiger partial charge is 0.208 e. The molecule has 10 heteroatoms. The first-order chi connectivity index (χ1) is 18.1. The Morgan fingerprint density at radius 2 is 2.11 bits per heavy atom. The second-order valence-electron chi connectivity index (χ2n) is 10.1. The minimum absolute atomic E-state index is 0.402. The van der Waals surface area contributed by atoms with Crippen molar-refractivity contribution in [1.82, 2.24) is 25.0 Å². The molecule has 0 spiro atoms. The normalized spacial score (nSPS) is 18.5. The van der Waals surface area contributed by atoms with E-state index in [0.717, 1.165) is 75.9 Å². The number of hydrogen-bond donors (Lipinski definition) is 0. The van der Waals surface area contributed by atoms with Gasteiger partial charge in [-0.15, -0.1) is 10.2 Å². The molecule has 3 aliphatic rings. The lowest BCUT2D eigenvalue weighted by Gasteiger charge is -2.33. The number of anilines is 3. The molecular weight excluding hydrogens is 484 g/mol. The van der Waals surface area contributed by atoms with Crippen LogP contribution in [0.15, 0.2) is 35.0 Å². The highest BCUT2D eigenvalue weighted by Crippen LogP contribution is 2.41. The molecule has 6 rings (SSSR count). The van der Waals surface area contributed by atoms with Gasteiger partial charge in [0.1, 0.15) is 5.51 Å². The summed E-state index contributed by atoms with van der Waals surface area (Å²) in [6.45, 7) is 10.1. The van der Waals surface area contributed by atoms with Gasteiger partial charge in [0.25, 0.3) is 0 Å². The lowest BCUT2D eigenvalue weighted by atomic mass is 9.96. The third-order valence-corrected chi connectivity index (χ3v) is 8.48. The van der Waals surface area contributed by atoms with E-state index in [9.17, 15) is 0 Å². The molecule has 0 N–H and O–H groups in total. The lowest BCUT2D eigenvalue weighted by molar-refractivity contribution is 0.0654. The van der Waals surface area contributed by atoms with Gasteiger partial charge < -0.3 is 14.5 Å². The van der Waals surface area contributed by atoms with Crippen molar-refractivity contribution >= 4 is 40.3 Å². The summed E-state index contributed by atoms with van der Waals surface area (Å²) in [5.74, 6) is 1.10. The fourth-order valence-electron chi connectivity index (χ4n) is 5.80. The van der Waals surface area contributed by atoms with Crippen LogP contribution in [0.2, 0.25) is 0 Å². The van der Waals surface area contributed by atoms with Crippen molar-refractivity contribution in [3.8, 4) is 0 Å². The van der Waals surface area contributed by atoms with Crippen molar-refractivity contribution in [2.24, 2.45) is 5.10 Å². The predicted octanol–water partition coefficient (Wildman–Crippen LogP) is 4.64. The summed E-state index contributed by atoms with van der Waals surface area (Å²) in [6, 6.07) is 7.22. The van der Waals surface area contributed by atoms with Gasteiger partial charge in [0.05, 0.1) is 12.6 Å². The van der Waals surface area contributed by atoms with E-state index in [0.29, 0.717) is 6.04 Å². The van der Waals surface area contributed by atoms with E-state index in [1.165, 1.54) is 33.6 Å². The molecule has 0 bridgehead atoms. The number of hydrogen-bond acceptors (Lipinski definition) is 9. The Bertz CT molecular complexity index is 1290. The molecule has 0 unspecified atom stereocenters. The van der Waals surface area contributed by atoms with Crippen LogP contribution in [0, 0.1) is 0 Å². The van der Waals surface area contributed by atoms with Gasteiger partial charge in [-0.05, 0) is 61.4 Å². The average Bonchev–Trinajstić information content (AvgIpc) is 3.61. The number of allylic oxidation sites excluding steroid dienone is 1. The Morgan fingerprint density at radius 1 is 1.24 bits per heavy atom. The van der Waals surface area contributed by atoms with Crippen molar-refractivity contribution in [3.63, 3.8) is 0 Å². The summed E-state index contributed by atoms with van der Waals surface area (Å²) in [5, 5.41) is 20.5. The Balaban J connectivity index is 1.39. The molecule has 1 fully saturated rings. The van der Waals surface area contributed by atoms with Crippen molar-refractivity contribution < 1.29 is 4.74 Å². The van der Waals surface area contributed by atoms with Gasteiger partial charge in [0.2, 0.25) is 5.13 Å². The number of aryl methyl sites for hydroxylation is 1. The molecule has 3 aliphatic heterocycles. The third-order valence-electron chi connectivity index (χ3n) is 7.73. The van der Waals surface area contributed by atoms with Crippen LogP contribution in [-0.2, 0) is 24.1 Å². The van der Waals surface area contributed by atoms with E-state index in [2.05, 4.69) is 61.6 Å². The molecule has 0 aliphatic carbocycles. The zero-order chi connectivity index (χ0) is 25.4. The molecule has 5 heterocycles. The second kappa shape index (κ2) is 10.3. The predicted molar refractivity (Wildman–Crippen MR) is 149 cm³/mol. The van der Waals surface area contributed by atoms with Crippen molar-refractivity contribution in [2.75, 3.05) is 43.2 Å². The Morgan fingerprint density at radius 3 is 2.89 bits per heavy atom. The summed E-state index contributed by atoms with van der Waals surface area (Å²) in [4.78, 5) is 4.81. The zero-order valence-corrected chi connectivity index (χ0v) is 22.5. The van der Waals surface area contributed by atoms with E-state index < -0.39 is 0 Å². The van der Waals surface area contributed by atoms with Crippen LogP contribution in [0.25, 0.3) is 5.57 Å². The molecule has 2 aromatic heterocycles. The molecule has 0 saturated carbocycles. The number of fused-ring (bicyclic) bond motifs is 2. The van der Waals surface area contributed by atoms with E-state index in [4.69, 9.17) is 9.84 Å². The van der Waals surface area contributed by atoms with Crippen LogP contribution in [0.5, 0.6) is 0 Å². The quantitative estimate of drug-likeness (QED) is 0.348. The lowest BCUT2D eigenvalue weighted by Crippen LogP contribution is -2.33. The molecular formula is C27H34N8OS. The third kappa shape index (κ3) is 4.64. The van der Waals surface area contributed by atoms with Crippen molar-refractivity contribution in [1.29, 1.82) is 0 Å². The van der Waals surface area contributed by atoms with Gasteiger partial charge in [-0.3, -0.25) is 9.69 Å². The van der Waals surface area contributed by atoms with Gasteiger partial charge in [-0.1, -0.05) is 17.4 Å². The fourth-order valence-corrected chi connectivity index (χ4v) is 6.39. The van der Waals surface area contributed by atoms with Gasteiger partial charge in [-0.25, -0.2) is 0 Å². The highest BCUT2D eigenvalue weighted by atomic mass is 32.1. The molecule has 3 aromatic rings. The number of rotatable bonds is 6. The van der Waals surface area contributed by atoms with Gasteiger partial charge in [-0.2, -0.15) is 10.2 Å². The van der Waals surface area contributed by atoms with Crippen molar-refractivity contribution in [3.05, 3.63) is 52.3 Å².